The molecule has 0 N–H and O–H groups in total. The minimum atomic E-state index is -0.175. The molecule has 0 aliphatic heterocycles. The lowest BCUT2D eigenvalue weighted by molar-refractivity contribution is -0.143. The molecule has 18 heavy (non-hydrogen) atoms. The van der Waals surface area contributed by atoms with Gasteiger partial charge >= 0.3 is 5.97 Å². The van der Waals surface area contributed by atoms with Crippen LogP contribution in [0.2, 0.25) is 0 Å². The molecule has 2 atom stereocenters. The number of benzene rings is 1. The number of hydrogen-bond acceptors (Lipinski definition) is 2. The largest absolute Gasteiger partial charge is 0.469 e. The Balaban J connectivity index is 2.97. The number of methoxy groups -OCH3 is 1. The van der Waals surface area contributed by atoms with E-state index in [2.05, 4.69) is 36.7 Å². The van der Waals surface area contributed by atoms with Crippen LogP contribution in [-0.2, 0) is 9.53 Å². The third-order valence-electron chi connectivity index (χ3n) is 3.10. The van der Waals surface area contributed by atoms with Crippen LogP contribution in [0.5, 0.6) is 0 Å². The molecule has 1 aromatic rings. The molecule has 0 unspecified atom stereocenters. The molecule has 1 rings (SSSR count). The van der Waals surface area contributed by atoms with Gasteiger partial charge in [-0.1, -0.05) is 48.8 Å². The number of halogens is 1. The summed E-state index contributed by atoms with van der Waals surface area (Å²) in [6.07, 6.45) is 1.01. The maximum atomic E-state index is 12.0. The van der Waals surface area contributed by atoms with Gasteiger partial charge in [0.1, 0.15) is 0 Å². The Morgan fingerprint density at radius 2 is 1.78 bits per heavy atom. The van der Waals surface area contributed by atoms with Crippen LogP contribution in [0.15, 0.2) is 28.7 Å². The average Bonchev–Trinajstić information content (AvgIpc) is 2.30. The summed E-state index contributed by atoms with van der Waals surface area (Å²) in [5.74, 6) is 0.525. The van der Waals surface area contributed by atoms with E-state index in [1.165, 1.54) is 7.11 Å². The molecular formula is C15H21BrO2. The van der Waals surface area contributed by atoms with Gasteiger partial charge in [0.05, 0.1) is 13.0 Å². The summed E-state index contributed by atoms with van der Waals surface area (Å²) >= 11 is 3.41. The van der Waals surface area contributed by atoms with E-state index < -0.39 is 0 Å². The van der Waals surface area contributed by atoms with Crippen LogP contribution in [0.3, 0.4) is 0 Å². The molecule has 0 radical (unpaired) electrons. The molecule has 0 bridgehead atoms. The first-order valence-electron chi connectivity index (χ1n) is 6.29. The van der Waals surface area contributed by atoms with Crippen LogP contribution in [0.25, 0.3) is 0 Å². The average molecular weight is 313 g/mol. The molecule has 0 spiro atoms. The van der Waals surface area contributed by atoms with Crippen LogP contribution >= 0.6 is 15.9 Å². The van der Waals surface area contributed by atoms with Gasteiger partial charge in [0.2, 0.25) is 0 Å². The summed E-state index contributed by atoms with van der Waals surface area (Å²) in [6, 6.07) is 7.91. The molecule has 1 aromatic carbocycles. The summed E-state index contributed by atoms with van der Waals surface area (Å²) in [4.78, 5) is 12.0. The minimum Gasteiger partial charge on any atom is -0.469 e. The van der Waals surface area contributed by atoms with Crippen molar-refractivity contribution in [3.8, 4) is 0 Å². The van der Waals surface area contributed by atoms with E-state index in [1.807, 2.05) is 24.3 Å². The van der Waals surface area contributed by atoms with Gasteiger partial charge in [-0.15, -0.1) is 0 Å². The quantitative estimate of drug-likeness (QED) is 0.754. The van der Waals surface area contributed by atoms with Gasteiger partial charge in [0, 0.05) is 4.47 Å². The SMILES string of the molecule is COC(=O)[C@H](c1ccc(Br)cc1)[C@H](C)CC(C)C. The van der Waals surface area contributed by atoms with Gasteiger partial charge in [-0.25, -0.2) is 0 Å². The van der Waals surface area contributed by atoms with Gasteiger partial charge in [-0.05, 0) is 36.0 Å². The van der Waals surface area contributed by atoms with Crippen molar-refractivity contribution in [2.45, 2.75) is 33.1 Å². The number of carbonyl (C=O) groups is 1. The summed E-state index contributed by atoms with van der Waals surface area (Å²) in [5, 5.41) is 0. The Hall–Kier alpha value is -0.830. The molecule has 0 saturated carbocycles. The van der Waals surface area contributed by atoms with Crippen molar-refractivity contribution in [1.29, 1.82) is 0 Å². The highest BCUT2D eigenvalue weighted by atomic mass is 79.9. The Morgan fingerprint density at radius 1 is 1.22 bits per heavy atom. The molecule has 0 aliphatic rings. The van der Waals surface area contributed by atoms with Crippen molar-refractivity contribution in [3.63, 3.8) is 0 Å². The van der Waals surface area contributed by atoms with Crippen LogP contribution in [-0.4, -0.2) is 13.1 Å². The van der Waals surface area contributed by atoms with E-state index in [9.17, 15) is 4.79 Å². The van der Waals surface area contributed by atoms with Crippen molar-refractivity contribution in [3.05, 3.63) is 34.3 Å². The lowest BCUT2D eigenvalue weighted by Crippen LogP contribution is -2.22. The van der Waals surface area contributed by atoms with E-state index in [4.69, 9.17) is 4.74 Å². The first kappa shape index (κ1) is 15.2. The fraction of sp³-hybridized carbons (Fsp3) is 0.533. The normalized spacial score (nSPS) is 14.3. The predicted octanol–water partition coefficient (Wildman–Crippen LogP) is 4.39. The zero-order valence-corrected chi connectivity index (χ0v) is 13.0. The Morgan fingerprint density at radius 3 is 2.22 bits per heavy atom. The van der Waals surface area contributed by atoms with Crippen molar-refractivity contribution in [2.24, 2.45) is 11.8 Å². The van der Waals surface area contributed by atoms with Crippen LogP contribution in [0, 0.1) is 11.8 Å². The zero-order valence-electron chi connectivity index (χ0n) is 11.4. The van der Waals surface area contributed by atoms with E-state index in [0.717, 1.165) is 16.5 Å². The van der Waals surface area contributed by atoms with Crippen LogP contribution in [0.4, 0.5) is 0 Å². The van der Waals surface area contributed by atoms with Crippen molar-refractivity contribution in [1.82, 2.24) is 0 Å². The maximum absolute atomic E-state index is 12.0. The topological polar surface area (TPSA) is 26.3 Å². The number of esters is 1. The first-order valence-corrected chi connectivity index (χ1v) is 7.08. The molecule has 100 valence electrons. The van der Waals surface area contributed by atoms with Gasteiger partial charge in [0.15, 0.2) is 0 Å². The molecule has 0 aromatic heterocycles. The van der Waals surface area contributed by atoms with Crippen molar-refractivity contribution < 1.29 is 9.53 Å². The van der Waals surface area contributed by atoms with Crippen molar-refractivity contribution in [2.75, 3.05) is 7.11 Å². The monoisotopic (exact) mass is 312 g/mol. The minimum absolute atomic E-state index is 0.148. The van der Waals surface area contributed by atoms with Crippen molar-refractivity contribution >= 4 is 21.9 Å². The Labute approximate surface area is 118 Å². The molecule has 3 heteroatoms. The second kappa shape index (κ2) is 6.93. The Bertz CT molecular complexity index is 384. The molecule has 0 amide bonds. The molecule has 0 aliphatic carbocycles. The molecule has 0 fully saturated rings. The van der Waals surface area contributed by atoms with E-state index in [-0.39, 0.29) is 17.8 Å². The summed E-state index contributed by atoms with van der Waals surface area (Å²) in [5.41, 5.74) is 1.03. The van der Waals surface area contributed by atoms with E-state index >= 15 is 0 Å². The zero-order chi connectivity index (χ0) is 13.7. The Kier molecular flexibility index (Phi) is 5.86. The molecule has 2 nitrogen and oxygen atoms in total. The van der Waals surface area contributed by atoms with Gasteiger partial charge in [-0.3, -0.25) is 4.79 Å². The highest BCUT2D eigenvalue weighted by Gasteiger charge is 2.28. The van der Waals surface area contributed by atoms with Crippen LogP contribution in [0.1, 0.15) is 38.7 Å². The summed E-state index contributed by atoms with van der Waals surface area (Å²) in [6.45, 7) is 6.46. The maximum Gasteiger partial charge on any atom is 0.313 e. The smallest absolute Gasteiger partial charge is 0.313 e. The van der Waals surface area contributed by atoms with Crippen LogP contribution < -0.4 is 0 Å². The van der Waals surface area contributed by atoms with E-state index in [0.29, 0.717) is 5.92 Å². The molecule has 0 saturated heterocycles. The number of ether oxygens (including phenoxy) is 1. The fourth-order valence-corrected chi connectivity index (χ4v) is 2.64. The third-order valence-corrected chi connectivity index (χ3v) is 3.63. The number of hydrogen-bond donors (Lipinski definition) is 0. The highest BCUT2D eigenvalue weighted by molar-refractivity contribution is 9.10. The predicted molar refractivity (Wildman–Crippen MR) is 77.5 cm³/mol. The van der Waals surface area contributed by atoms with Gasteiger partial charge < -0.3 is 4.74 Å². The third kappa shape index (κ3) is 4.13. The molecular weight excluding hydrogens is 292 g/mol. The highest BCUT2D eigenvalue weighted by Crippen LogP contribution is 2.31. The standard InChI is InChI=1S/C15H21BrO2/c1-10(2)9-11(3)14(15(17)18-4)12-5-7-13(16)8-6-12/h5-8,10-11,14H,9H2,1-4H3/t11-,14+/m1/s1. The molecule has 0 heterocycles. The second-order valence-corrected chi connectivity index (χ2v) is 6.07. The number of rotatable bonds is 5. The fourth-order valence-electron chi connectivity index (χ4n) is 2.37. The van der Waals surface area contributed by atoms with E-state index in [1.54, 1.807) is 0 Å². The van der Waals surface area contributed by atoms with Gasteiger partial charge in [0.25, 0.3) is 0 Å². The van der Waals surface area contributed by atoms with Gasteiger partial charge in [-0.2, -0.15) is 0 Å². The first-order chi connectivity index (χ1) is 8.45. The lowest BCUT2D eigenvalue weighted by atomic mass is 9.82. The number of carbonyl (C=O) groups excluding carboxylic acids is 1. The second-order valence-electron chi connectivity index (χ2n) is 5.16. The lowest BCUT2D eigenvalue weighted by Gasteiger charge is -2.23. The summed E-state index contributed by atoms with van der Waals surface area (Å²) in [7, 11) is 1.45. The summed E-state index contributed by atoms with van der Waals surface area (Å²) < 4.78 is 5.97.